The lowest BCUT2D eigenvalue weighted by Crippen LogP contribution is -2.22. The molecule has 0 spiro atoms. The van der Waals surface area contributed by atoms with E-state index in [9.17, 15) is 4.39 Å². The molecule has 0 saturated heterocycles. The lowest BCUT2D eigenvalue weighted by atomic mass is 10.1. The minimum absolute atomic E-state index is 0.183. The molecule has 2 nitrogen and oxygen atoms in total. The van der Waals surface area contributed by atoms with Crippen molar-refractivity contribution in [3.05, 3.63) is 65.5 Å². The molecular weight excluding hydrogens is 239 g/mol. The molecule has 2 aromatic rings. The van der Waals surface area contributed by atoms with E-state index < -0.39 is 0 Å². The maximum absolute atomic E-state index is 13.2. The quantitative estimate of drug-likeness (QED) is 0.832. The van der Waals surface area contributed by atoms with Gasteiger partial charge in [0.25, 0.3) is 0 Å². The summed E-state index contributed by atoms with van der Waals surface area (Å²) in [6, 6.07) is 14.6. The van der Waals surface area contributed by atoms with Crippen LogP contribution in [-0.2, 0) is 13.1 Å². The monoisotopic (exact) mass is 258 g/mol. The summed E-state index contributed by atoms with van der Waals surface area (Å²) in [5.41, 5.74) is 8.73. The fourth-order valence-electron chi connectivity index (χ4n) is 2.12. The van der Waals surface area contributed by atoms with Gasteiger partial charge < -0.3 is 5.73 Å². The van der Waals surface area contributed by atoms with Crippen LogP contribution >= 0.6 is 0 Å². The highest BCUT2D eigenvalue weighted by molar-refractivity contribution is 5.40. The summed E-state index contributed by atoms with van der Waals surface area (Å²) in [7, 11) is 0. The highest BCUT2D eigenvalue weighted by Crippen LogP contribution is 2.13. The Hall–Kier alpha value is -1.87. The van der Waals surface area contributed by atoms with Gasteiger partial charge in [-0.2, -0.15) is 0 Å². The van der Waals surface area contributed by atoms with Gasteiger partial charge in [0.05, 0.1) is 0 Å². The molecule has 2 N–H and O–H groups in total. The van der Waals surface area contributed by atoms with Gasteiger partial charge in [0.1, 0.15) is 5.82 Å². The number of halogens is 1. The van der Waals surface area contributed by atoms with Gasteiger partial charge in [-0.25, -0.2) is 4.39 Å². The molecular formula is C16H19FN2. The maximum Gasteiger partial charge on any atom is 0.123 e. The first-order valence-corrected chi connectivity index (χ1v) is 6.48. The zero-order valence-electron chi connectivity index (χ0n) is 11.1. The van der Waals surface area contributed by atoms with Crippen LogP contribution in [0.4, 0.5) is 10.1 Å². The van der Waals surface area contributed by atoms with E-state index in [-0.39, 0.29) is 5.82 Å². The molecule has 0 aliphatic carbocycles. The van der Waals surface area contributed by atoms with Gasteiger partial charge in [0, 0.05) is 18.8 Å². The van der Waals surface area contributed by atoms with E-state index in [0.29, 0.717) is 0 Å². The molecule has 100 valence electrons. The molecule has 2 rings (SSSR count). The van der Waals surface area contributed by atoms with E-state index in [1.807, 2.05) is 24.3 Å². The second-order valence-corrected chi connectivity index (χ2v) is 4.68. The van der Waals surface area contributed by atoms with Crippen LogP contribution in [0.15, 0.2) is 48.5 Å². The normalized spacial score (nSPS) is 10.9. The third-order valence-corrected chi connectivity index (χ3v) is 3.10. The lowest BCUT2D eigenvalue weighted by molar-refractivity contribution is 0.271. The third kappa shape index (κ3) is 4.07. The van der Waals surface area contributed by atoms with Crippen molar-refractivity contribution in [1.29, 1.82) is 0 Å². The van der Waals surface area contributed by atoms with Crippen LogP contribution in [0.3, 0.4) is 0 Å². The van der Waals surface area contributed by atoms with E-state index in [4.69, 9.17) is 5.73 Å². The van der Waals surface area contributed by atoms with Gasteiger partial charge in [0.2, 0.25) is 0 Å². The highest BCUT2D eigenvalue weighted by Gasteiger charge is 2.06. The molecule has 0 unspecified atom stereocenters. The fraction of sp³-hybridized carbons (Fsp3) is 0.250. The number of rotatable bonds is 5. The smallest absolute Gasteiger partial charge is 0.123 e. The van der Waals surface area contributed by atoms with Crippen LogP contribution in [0, 0.1) is 5.82 Å². The van der Waals surface area contributed by atoms with Gasteiger partial charge in [-0.15, -0.1) is 0 Å². The topological polar surface area (TPSA) is 29.3 Å². The Kier molecular flexibility index (Phi) is 4.53. The summed E-state index contributed by atoms with van der Waals surface area (Å²) in [5, 5.41) is 0. The van der Waals surface area contributed by atoms with E-state index in [1.54, 1.807) is 12.1 Å². The van der Waals surface area contributed by atoms with Crippen LogP contribution in [0.2, 0.25) is 0 Å². The number of nitrogen functional groups attached to an aromatic ring is 1. The van der Waals surface area contributed by atoms with Gasteiger partial charge >= 0.3 is 0 Å². The van der Waals surface area contributed by atoms with Crippen molar-refractivity contribution in [1.82, 2.24) is 4.90 Å². The fourth-order valence-corrected chi connectivity index (χ4v) is 2.12. The van der Waals surface area contributed by atoms with E-state index in [2.05, 4.69) is 17.9 Å². The molecule has 0 bridgehead atoms. The molecule has 3 heteroatoms. The summed E-state index contributed by atoms with van der Waals surface area (Å²) in [5.74, 6) is -0.183. The largest absolute Gasteiger partial charge is 0.399 e. The van der Waals surface area contributed by atoms with Crippen molar-refractivity contribution in [3.8, 4) is 0 Å². The summed E-state index contributed by atoms with van der Waals surface area (Å²) in [6.07, 6.45) is 0. The second kappa shape index (κ2) is 6.34. The molecule has 0 aliphatic heterocycles. The minimum atomic E-state index is -0.183. The lowest BCUT2D eigenvalue weighted by Gasteiger charge is -2.20. The van der Waals surface area contributed by atoms with Crippen molar-refractivity contribution < 1.29 is 4.39 Å². The van der Waals surface area contributed by atoms with Crippen LogP contribution < -0.4 is 5.73 Å². The molecule has 0 saturated carbocycles. The maximum atomic E-state index is 13.2. The standard InChI is InChI=1S/C16H19FN2/c1-2-19(11-13-5-3-7-15(17)9-13)12-14-6-4-8-16(18)10-14/h3-10H,2,11-12,18H2,1H3. The molecule has 0 fully saturated rings. The van der Waals surface area contributed by atoms with Crippen LogP contribution in [0.1, 0.15) is 18.1 Å². The summed E-state index contributed by atoms with van der Waals surface area (Å²) in [6.45, 7) is 4.57. The first kappa shape index (κ1) is 13.6. The van der Waals surface area contributed by atoms with Gasteiger partial charge in [-0.05, 0) is 41.9 Å². The number of hydrogen-bond donors (Lipinski definition) is 1. The molecule has 0 heterocycles. The van der Waals surface area contributed by atoms with Crippen molar-refractivity contribution in [2.75, 3.05) is 12.3 Å². The number of anilines is 1. The van der Waals surface area contributed by atoms with E-state index >= 15 is 0 Å². The van der Waals surface area contributed by atoms with Gasteiger partial charge in [0.15, 0.2) is 0 Å². The number of nitrogens with two attached hydrogens (primary N) is 1. The minimum Gasteiger partial charge on any atom is -0.399 e. The first-order chi connectivity index (χ1) is 9.17. The first-order valence-electron chi connectivity index (χ1n) is 6.48. The SMILES string of the molecule is CCN(Cc1cccc(N)c1)Cc1cccc(F)c1. The Bertz CT molecular complexity index is 492. The van der Waals surface area contributed by atoms with Crippen molar-refractivity contribution in [2.45, 2.75) is 20.0 Å². The zero-order valence-corrected chi connectivity index (χ0v) is 11.1. The number of benzene rings is 2. The molecule has 0 amide bonds. The Labute approximate surface area is 113 Å². The average molecular weight is 258 g/mol. The third-order valence-electron chi connectivity index (χ3n) is 3.10. The molecule has 0 radical (unpaired) electrons. The predicted octanol–water partition coefficient (Wildman–Crippen LogP) is 3.43. The van der Waals surface area contributed by atoms with Crippen LogP contribution in [0.5, 0.6) is 0 Å². The summed E-state index contributed by atoms with van der Waals surface area (Å²) < 4.78 is 13.2. The Morgan fingerprint density at radius 2 is 1.63 bits per heavy atom. The summed E-state index contributed by atoms with van der Waals surface area (Å²) in [4.78, 5) is 2.25. The van der Waals surface area contributed by atoms with E-state index in [1.165, 1.54) is 11.6 Å². The van der Waals surface area contributed by atoms with Crippen molar-refractivity contribution >= 4 is 5.69 Å². The molecule has 19 heavy (non-hydrogen) atoms. The Morgan fingerprint density at radius 3 is 2.21 bits per heavy atom. The summed E-state index contributed by atoms with van der Waals surface area (Å²) >= 11 is 0. The predicted molar refractivity (Wildman–Crippen MR) is 77.0 cm³/mol. The van der Waals surface area contributed by atoms with Crippen LogP contribution in [0.25, 0.3) is 0 Å². The van der Waals surface area contributed by atoms with Gasteiger partial charge in [-0.3, -0.25) is 4.90 Å². The zero-order chi connectivity index (χ0) is 13.7. The second-order valence-electron chi connectivity index (χ2n) is 4.68. The molecule has 2 aromatic carbocycles. The molecule has 0 aromatic heterocycles. The number of nitrogens with zero attached hydrogens (tertiary/aromatic N) is 1. The number of hydrogen-bond acceptors (Lipinski definition) is 2. The Balaban J connectivity index is 2.04. The highest BCUT2D eigenvalue weighted by atomic mass is 19.1. The van der Waals surface area contributed by atoms with Crippen molar-refractivity contribution in [2.24, 2.45) is 0 Å². The Morgan fingerprint density at radius 1 is 1.00 bits per heavy atom. The molecule has 0 atom stereocenters. The average Bonchev–Trinajstić information content (AvgIpc) is 2.38. The van der Waals surface area contributed by atoms with Gasteiger partial charge in [-0.1, -0.05) is 31.2 Å². The van der Waals surface area contributed by atoms with Crippen LogP contribution in [-0.4, -0.2) is 11.4 Å². The van der Waals surface area contributed by atoms with E-state index in [0.717, 1.165) is 30.9 Å². The molecule has 0 aliphatic rings. The van der Waals surface area contributed by atoms with Crippen molar-refractivity contribution in [3.63, 3.8) is 0 Å².